The second-order valence-electron chi connectivity index (χ2n) is 13.9. The van der Waals surface area contributed by atoms with E-state index in [1.54, 1.807) is 23.6 Å². The smallest absolute Gasteiger partial charge is 0.405 e. The first-order chi connectivity index (χ1) is 26.0. The van der Waals surface area contributed by atoms with Crippen molar-refractivity contribution in [2.75, 3.05) is 0 Å². The maximum absolute atomic E-state index is 13.3. The van der Waals surface area contributed by atoms with Crippen molar-refractivity contribution in [3.8, 4) is 34.4 Å². The molecule has 0 unspecified atom stereocenters. The molecule has 2 aliphatic heterocycles. The molecule has 14 nitrogen and oxygen atoms in total. The van der Waals surface area contributed by atoms with Gasteiger partial charge >= 0.3 is 12.2 Å². The number of carboxylic acid groups (broad SMARTS) is 2. The van der Waals surface area contributed by atoms with Gasteiger partial charge in [-0.15, -0.1) is 0 Å². The van der Waals surface area contributed by atoms with Crippen molar-refractivity contribution in [3.05, 3.63) is 83.7 Å². The molecule has 6 atom stereocenters. The third kappa shape index (κ3) is 8.10. The molecule has 0 saturated carbocycles. The van der Waals surface area contributed by atoms with Gasteiger partial charge in [0, 0.05) is 46.7 Å². The highest BCUT2D eigenvalue weighted by molar-refractivity contribution is 5.87. The number of benzene rings is 2. The van der Waals surface area contributed by atoms with Crippen LogP contribution in [0.4, 0.5) is 9.59 Å². The minimum absolute atomic E-state index is 0.0331. The summed E-state index contributed by atoms with van der Waals surface area (Å²) in [6, 6.07) is 13.4. The maximum Gasteiger partial charge on any atom is 0.405 e. The van der Waals surface area contributed by atoms with Crippen LogP contribution in [-0.4, -0.2) is 88.1 Å². The average Bonchev–Trinajstić information content (AvgIpc) is 3.98. The fourth-order valence-corrected chi connectivity index (χ4v) is 7.49. The van der Waals surface area contributed by atoms with E-state index in [-0.39, 0.29) is 36.0 Å². The molecule has 4 amide bonds. The zero-order valence-electron chi connectivity index (χ0n) is 30.8. The summed E-state index contributed by atoms with van der Waals surface area (Å²) in [6.45, 7) is 7.52. The van der Waals surface area contributed by atoms with Gasteiger partial charge < -0.3 is 40.6 Å². The molecule has 0 aliphatic carbocycles. The van der Waals surface area contributed by atoms with Gasteiger partial charge in [0.15, 0.2) is 0 Å². The first-order valence-electron chi connectivity index (χ1n) is 18.4. The van der Waals surface area contributed by atoms with E-state index in [2.05, 4.69) is 32.4 Å². The van der Waals surface area contributed by atoms with Gasteiger partial charge in [-0.1, -0.05) is 50.0 Å². The van der Waals surface area contributed by atoms with Gasteiger partial charge in [-0.2, -0.15) is 0 Å². The first-order valence-corrected chi connectivity index (χ1v) is 18.4. The van der Waals surface area contributed by atoms with Crippen molar-refractivity contribution in [1.29, 1.82) is 0 Å². The molecular formula is C40H46N8O6. The molecule has 6 rings (SSSR count). The fourth-order valence-electron chi connectivity index (χ4n) is 7.49. The number of nitrogens with one attached hydrogen (secondary N) is 4. The van der Waals surface area contributed by atoms with Crippen molar-refractivity contribution in [3.63, 3.8) is 0 Å². The lowest BCUT2D eigenvalue weighted by Crippen LogP contribution is -2.49. The Morgan fingerprint density at radius 3 is 1.39 bits per heavy atom. The highest BCUT2D eigenvalue weighted by Gasteiger charge is 2.41. The Kier molecular flexibility index (Phi) is 11.4. The standard InChI is InChI=1S/C40H46N8O6/c1-5-29(45-39(51)52)37(49)47-23(3)7-19-33(47)35-41-21-31(43-35)27-15-11-25(12-16-27)9-10-26-13-17-28(18-14-26)32-22-42-36(44-32)34-20-8-24(4)48(34)38(50)30(6-2)46-40(53)54/h11-18,21-24,29-30,33-34,45-46H,5-8,19-20H2,1-4H3,(H,41,43)(H,42,44)(H,51,52)(H,53,54)/t23-,24-,29-,30-,33-,34-/m0/s1. The van der Waals surface area contributed by atoms with E-state index in [1.807, 2.05) is 74.8 Å². The second-order valence-corrected chi connectivity index (χ2v) is 13.9. The molecule has 2 aromatic carbocycles. The van der Waals surface area contributed by atoms with Crippen LogP contribution in [0.3, 0.4) is 0 Å². The first kappa shape index (κ1) is 37.7. The number of carbonyl (C=O) groups is 4. The van der Waals surface area contributed by atoms with Gasteiger partial charge in [0.05, 0.1) is 23.5 Å². The summed E-state index contributed by atoms with van der Waals surface area (Å²) < 4.78 is 0. The summed E-state index contributed by atoms with van der Waals surface area (Å²) in [5, 5.41) is 23.1. The van der Waals surface area contributed by atoms with Crippen molar-refractivity contribution in [2.24, 2.45) is 0 Å². The van der Waals surface area contributed by atoms with E-state index < -0.39 is 24.3 Å². The van der Waals surface area contributed by atoms with E-state index in [0.29, 0.717) is 24.5 Å². The van der Waals surface area contributed by atoms with Gasteiger partial charge in [0.1, 0.15) is 23.7 Å². The van der Waals surface area contributed by atoms with Gasteiger partial charge in [-0.05, 0) is 76.6 Å². The fraction of sp³-hybridized carbons (Fsp3) is 0.400. The summed E-state index contributed by atoms with van der Waals surface area (Å²) in [5.41, 5.74) is 4.95. The van der Waals surface area contributed by atoms with Crippen LogP contribution >= 0.6 is 0 Å². The molecule has 0 spiro atoms. The van der Waals surface area contributed by atoms with Gasteiger partial charge in [-0.25, -0.2) is 19.6 Å². The molecule has 4 aromatic rings. The van der Waals surface area contributed by atoms with E-state index in [4.69, 9.17) is 9.97 Å². The third-order valence-corrected chi connectivity index (χ3v) is 10.4. The number of amides is 4. The number of hydrogen-bond donors (Lipinski definition) is 6. The average molecular weight is 735 g/mol. The van der Waals surface area contributed by atoms with E-state index in [9.17, 15) is 29.4 Å². The zero-order chi connectivity index (χ0) is 38.5. The lowest BCUT2D eigenvalue weighted by atomic mass is 10.1. The predicted octanol–water partition coefficient (Wildman–Crippen LogP) is 6.06. The minimum atomic E-state index is -1.22. The van der Waals surface area contributed by atoms with E-state index >= 15 is 0 Å². The molecule has 0 radical (unpaired) electrons. The van der Waals surface area contributed by atoms with Gasteiger partial charge in [0.2, 0.25) is 11.8 Å². The lowest BCUT2D eigenvalue weighted by molar-refractivity contribution is -0.137. The molecule has 0 bridgehead atoms. The summed E-state index contributed by atoms with van der Waals surface area (Å²) in [5.74, 6) is 7.30. The molecule has 54 heavy (non-hydrogen) atoms. The monoisotopic (exact) mass is 734 g/mol. The maximum atomic E-state index is 13.3. The number of likely N-dealkylation sites (tertiary alicyclic amines) is 2. The van der Waals surface area contributed by atoms with Crippen LogP contribution in [0.2, 0.25) is 0 Å². The van der Waals surface area contributed by atoms with E-state index in [0.717, 1.165) is 59.3 Å². The Morgan fingerprint density at radius 1 is 0.685 bits per heavy atom. The van der Waals surface area contributed by atoms with Gasteiger partial charge in [-0.3, -0.25) is 9.59 Å². The Morgan fingerprint density at radius 2 is 1.06 bits per heavy atom. The SMILES string of the molecule is CC[C@H](NC(=O)O)C(=O)N1[C@@H](C)CC[C@H]1c1nc(-c2ccc(C#Cc3ccc(-c4c[nH]c([C@@H]5CC[C@H](C)N5C(=O)[C@H](CC)NC(=O)O)n4)cc3)cc2)c[nH]1. The number of rotatable bonds is 10. The number of nitrogens with zero attached hydrogens (tertiary/aromatic N) is 4. The topological polar surface area (TPSA) is 197 Å². The van der Waals surface area contributed by atoms with Crippen molar-refractivity contribution >= 4 is 24.0 Å². The van der Waals surface area contributed by atoms with Crippen LogP contribution in [0.5, 0.6) is 0 Å². The molecule has 2 saturated heterocycles. The van der Waals surface area contributed by atoms with Crippen LogP contribution in [0.1, 0.15) is 101 Å². The molecule has 4 heterocycles. The Labute approximate surface area is 313 Å². The Hall–Kier alpha value is -6.10. The lowest BCUT2D eigenvalue weighted by Gasteiger charge is -2.30. The van der Waals surface area contributed by atoms with Gasteiger partial charge in [0.25, 0.3) is 0 Å². The minimum Gasteiger partial charge on any atom is -0.465 e. The van der Waals surface area contributed by atoms with Crippen molar-refractivity contribution in [1.82, 2.24) is 40.4 Å². The largest absolute Gasteiger partial charge is 0.465 e. The number of imidazole rings is 2. The third-order valence-electron chi connectivity index (χ3n) is 10.4. The van der Waals surface area contributed by atoms with Crippen molar-refractivity contribution in [2.45, 2.75) is 102 Å². The molecular weight excluding hydrogens is 688 g/mol. The molecule has 2 aromatic heterocycles. The molecule has 14 heteroatoms. The summed E-state index contributed by atoms with van der Waals surface area (Å²) in [7, 11) is 0. The number of H-pyrrole nitrogens is 2. The number of aromatic amines is 2. The molecule has 2 aliphatic rings. The number of aromatic nitrogens is 4. The van der Waals surface area contributed by atoms with Crippen LogP contribution in [0.15, 0.2) is 60.9 Å². The summed E-state index contributed by atoms with van der Waals surface area (Å²) >= 11 is 0. The Bertz CT molecular complexity index is 1900. The van der Waals surface area contributed by atoms with Crippen LogP contribution in [0.25, 0.3) is 22.5 Å². The predicted molar refractivity (Wildman–Crippen MR) is 201 cm³/mol. The van der Waals surface area contributed by atoms with Crippen LogP contribution in [-0.2, 0) is 9.59 Å². The van der Waals surface area contributed by atoms with Crippen LogP contribution in [0, 0.1) is 11.8 Å². The highest BCUT2D eigenvalue weighted by atomic mass is 16.4. The number of hydrogen-bond acceptors (Lipinski definition) is 6. The van der Waals surface area contributed by atoms with E-state index in [1.165, 1.54) is 0 Å². The number of carbonyl (C=O) groups excluding carboxylic acids is 2. The molecule has 6 N–H and O–H groups in total. The van der Waals surface area contributed by atoms with Crippen LogP contribution < -0.4 is 10.6 Å². The van der Waals surface area contributed by atoms with Crippen molar-refractivity contribution < 1.29 is 29.4 Å². The quantitative estimate of drug-likeness (QED) is 0.106. The molecule has 2 fully saturated rings. The zero-order valence-corrected chi connectivity index (χ0v) is 30.8. The second kappa shape index (κ2) is 16.3. The summed E-state index contributed by atoms with van der Waals surface area (Å²) in [6.07, 6.45) is 5.00. The Balaban J connectivity index is 1.09. The summed E-state index contributed by atoms with van der Waals surface area (Å²) in [4.78, 5) is 68.8. The molecule has 282 valence electrons. The normalized spacial score (nSPS) is 20.5. The highest BCUT2D eigenvalue weighted by Crippen LogP contribution is 2.37.